The lowest BCUT2D eigenvalue weighted by Gasteiger charge is -2.23. The average Bonchev–Trinajstić information content (AvgIpc) is 1.98. The van der Waals surface area contributed by atoms with E-state index in [1.54, 1.807) is 6.08 Å². The summed E-state index contributed by atoms with van der Waals surface area (Å²) in [6.07, 6.45) is 4.36. The van der Waals surface area contributed by atoms with E-state index in [-0.39, 0.29) is 22.9 Å². The van der Waals surface area contributed by atoms with Gasteiger partial charge >= 0.3 is 0 Å². The number of allylic oxidation sites excluding steroid dienone is 1. The average molecular weight is 265 g/mol. The van der Waals surface area contributed by atoms with Crippen molar-refractivity contribution < 1.29 is 26.3 Å². The number of nitrogens with zero attached hydrogens (tertiary/aromatic N) is 1. The van der Waals surface area contributed by atoms with Crippen molar-refractivity contribution in [2.24, 2.45) is 0 Å². The standard InChI is InChI=1S/C10H20N2O.BrH/c1-5-6-7-10(13)11-8-9-12(2,3)4;/h6-7H,5,8-9H2,1-4H3;1H. The summed E-state index contributed by atoms with van der Waals surface area (Å²) < 4.78 is 0.873. The third-order valence-corrected chi connectivity index (χ3v) is 1.59. The number of nitrogens with one attached hydrogen (secondary N) is 1. The molecule has 0 aromatic carbocycles. The Balaban J connectivity index is 0. The van der Waals surface area contributed by atoms with Crippen molar-refractivity contribution in [3.05, 3.63) is 12.2 Å². The van der Waals surface area contributed by atoms with Crippen LogP contribution in [0.1, 0.15) is 13.3 Å². The first kappa shape index (κ1) is 16.1. The zero-order chi connectivity index (χ0) is 10.3. The smallest absolute Gasteiger partial charge is 0.243 e. The molecule has 0 saturated carbocycles. The van der Waals surface area contributed by atoms with Crippen LogP contribution in [0.5, 0.6) is 0 Å². The number of likely N-dealkylation sites (N-methyl/N-ethyl adjacent to an activating group) is 1. The SMILES string of the molecule is CCC=CC(=O)NCC[N+](C)(C)C.[Br-]. The molecule has 0 rings (SSSR count). The molecule has 3 nitrogen and oxygen atoms in total. The van der Waals surface area contributed by atoms with Gasteiger partial charge in [0.25, 0.3) is 0 Å². The van der Waals surface area contributed by atoms with Crippen molar-refractivity contribution in [3.63, 3.8) is 0 Å². The first-order valence-electron chi connectivity index (χ1n) is 4.70. The van der Waals surface area contributed by atoms with Crippen LogP contribution in [0.3, 0.4) is 0 Å². The molecular weight excluding hydrogens is 244 g/mol. The van der Waals surface area contributed by atoms with Gasteiger partial charge < -0.3 is 26.8 Å². The van der Waals surface area contributed by atoms with Gasteiger partial charge in [0.1, 0.15) is 0 Å². The van der Waals surface area contributed by atoms with Crippen LogP contribution in [0, 0.1) is 0 Å². The van der Waals surface area contributed by atoms with Crippen LogP contribution < -0.4 is 22.3 Å². The van der Waals surface area contributed by atoms with Gasteiger partial charge in [0, 0.05) is 0 Å². The van der Waals surface area contributed by atoms with E-state index < -0.39 is 0 Å². The van der Waals surface area contributed by atoms with E-state index in [9.17, 15) is 4.79 Å². The number of amides is 1. The lowest BCUT2D eigenvalue weighted by Crippen LogP contribution is -3.00. The molecule has 0 heterocycles. The molecule has 0 atom stereocenters. The van der Waals surface area contributed by atoms with Gasteiger partial charge in [-0.15, -0.1) is 0 Å². The first-order valence-corrected chi connectivity index (χ1v) is 4.70. The highest BCUT2D eigenvalue weighted by molar-refractivity contribution is 5.87. The summed E-state index contributed by atoms with van der Waals surface area (Å²) >= 11 is 0. The molecule has 0 aromatic rings. The van der Waals surface area contributed by atoms with Crippen LogP contribution in [0.4, 0.5) is 0 Å². The summed E-state index contributed by atoms with van der Waals surface area (Å²) in [5.41, 5.74) is 0. The fourth-order valence-corrected chi connectivity index (χ4v) is 0.798. The topological polar surface area (TPSA) is 29.1 Å². The van der Waals surface area contributed by atoms with E-state index in [4.69, 9.17) is 0 Å². The number of quaternary nitrogens is 1. The molecule has 1 amide bonds. The number of rotatable bonds is 5. The van der Waals surface area contributed by atoms with E-state index in [0.717, 1.165) is 24.0 Å². The Morgan fingerprint density at radius 3 is 2.36 bits per heavy atom. The minimum Gasteiger partial charge on any atom is -1.00 e. The van der Waals surface area contributed by atoms with Gasteiger partial charge in [0.15, 0.2) is 0 Å². The Labute approximate surface area is 97.5 Å². The van der Waals surface area contributed by atoms with Crippen molar-refractivity contribution in [1.82, 2.24) is 5.32 Å². The molecule has 0 aromatic heterocycles. The normalized spacial score (nSPS) is 11.1. The second-order valence-electron chi connectivity index (χ2n) is 4.12. The molecular formula is C10H21BrN2O. The Bertz CT molecular complexity index is 185. The largest absolute Gasteiger partial charge is 1.00 e. The van der Waals surface area contributed by atoms with Crippen molar-refractivity contribution in [2.75, 3.05) is 34.2 Å². The van der Waals surface area contributed by atoms with Gasteiger partial charge in [-0.25, -0.2) is 0 Å². The molecule has 0 aliphatic rings. The second-order valence-corrected chi connectivity index (χ2v) is 4.12. The molecule has 84 valence electrons. The number of carbonyl (C=O) groups is 1. The van der Waals surface area contributed by atoms with Crippen LogP contribution >= 0.6 is 0 Å². The van der Waals surface area contributed by atoms with E-state index >= 15 is 0 Å². The van der Waals surface area contributed by atoms with Crippen molar-refractivity contribution in [1.29, 1.82) is 0 Å². The maximum Gasteiger partial charge on any atom is 0.243 e. The predicted molar refractivity (Wildman–Crippen MR) is 55.3 cm³/mol. The zero-order valence-corrected chi connectivity index (χ0v) is 11.1. The number of halogens is 1. The molecule has 0 saturated heterocycles. The third-order valence-electron chi connectivity index (χ3n) is 1.59. The third kappa shape index (κ3) is 11.6. The molecule has 0 spiro atoms. The summed E-state index contributed by atoms with van der Waals surface area (Å²) in [4.78, 5) is 11.1. The van der Waals surface area contributed by atoms with E-state index in [1.165, 1.54) is 0 Å². The van der Waals surface area contributed by atoms with Crippen LogP contribution in [0.15, 0.2) is 12.2 Å². The molecule has 0 aliphatic heterocycles. The van der Waals surface area contributed by atoms with Crippen molar-refractivity contribution in [2.45, 2.75) is 13.3 Å². The zero-order valence-electron chi connectivity index (χ0n) is 9.51. The minimum absolute atomic E-state index is 0. The second kappa shape index (κ2) is 8.00. The molecule has 0 radical (unpaired) electrons. The molecule has 4 heteroatoms. The Morgan fingerprint density at radius 2 is 1.93 bits per heavy atom. The van der Waals surface area contributed by atoms with Gasteiger partial charge in [-0.1, -0.05) is 13.0 Å². The van der Waals surface area contributed by atoms with Gasteiger partial charge in [-0.2, -0.15) is 0 Å². The Morgan fingerprint density at radius 1 is 1.36 bits per heavy atom. The highest BCUT2D eigenvalue weighted by atomic mass is 79.9. The van der Waals surface area contributed by atoms with Crippen LogP contribution in [0.25, 0.3) is 0 Å². The number of hydrogen-bond acceptors (Lipinski definition) is 1. The maximum atomic E-state index is 11.1. The lowest BCUT2D eigenvalue weighted by atomic mass is 10.4. The summed E-state index contributed by atoms with van der Waals surface area (Å²) in [6, 6.07) is 0. The quantitative estimate of drug-likeness (QED) is 0.443. The molecule has 14 heavy (non-hydrogen) atoms. The maximum absolute atomic E-state index is 11.1. The molecule has 1 N–H and O–H groups in total. The fourth-order valence-electron chi connectivity index (χ4n) is 0.798. The van der Waals surface area contributed by atoms with E-state index in [0.29, 0.717) is 0 Å². The first-order chi connectivity index (χ1) is 5.95. The van der Waals surface area contributed by atoms with Gasteiger partial charge in [0.05, 0.1) is 34.2 Å². The molecule has 0 aliphatic carbocycles. The predicted octanol–water partition coefficient (Wildman–Crippen LogP) is -2.22. The van der Waals surface area contributed by atoms with Gasteiger partial charge in [0.2, 0.25) is 5.91 Å². The van der Waals surface area contributed by atoms with Crippen LogP contribution in [-0.4, -0.2) is 44.6 Å². The summed E-state index contributed by atoms with van der Waals surface area (Å²) in [5, 5.41) is 2.83. The molecule has 0 fully saturated rings. The summed E-state index contributed by atoms with van der Waals surface area (Å²) in [7, 11) is 6.32. The van der Waals surface area contributed by atoms with Crippen molar-refractivity contribution >= 4 is 5.91 Å². The molecule has 0 unspecified atom stereocenters. The summed E-state index contributed by atoms with van der Waals surface area (Å²) in [5.74, 6) is 0.00954. The monoisotopic (exact) mass is 264 g/mol. The van der Waals surface area contributed by atoms with E-state index in [1.807, 2.05) is 13.0 Å². The summed E-state index contributed by atoms with van der Waals surface area (Å²) in [6.45, 7) is 3.69. The number of hydrogen-bond donors (Lipinski definition) is 1. The minimum atomic E-state index is 0. The Hall–Kier alpha value is -0.350. The van der Waals surface area contributed by atoms with Crippen LogP contribution in [0.2, 0.25) is 0 Å². The van der Waals surface area contributed by atoms with Crippen LogP contribution in [-0.2, 0) is 4.79 Å². The lowest BCUT2D eigenvalue weighted by molar-refractivity contribution is -0.869. The van der Waals surface area contributed by atoms with Gasteiger partial charge in [-0.3, -0.25) is 4.79 Å². The highest BCUT2D eigenvalue weighted by Crippen LogP contribution is 1.86. The highest BCUT2D eigenvalue weighted by Gasteiger charge is 2.05. The number of carbonyl (C=O) groups excluding carboxylic acids is 1. The van der Waals surface area contributed by atoms with E-state index in [2.05, 4.69) is 26.5 Å². The van der Waals surface area contributed by atoms with Gasteiger partial charge in [-0.05, 0) is 12.5 Å². The van der Waals surface area contributed by atoms with Crippen molar-refractivity contribution in [3.8, 4) is 0 Å². The molecule has 0 bridgehead atoms. The Kier molecular flexibility index (Phi) is 9.20. The fraction of sp³-hybridized carbons (Fsp3) is 0.700.